The van der Waals surface area contributed by atoms with Gasteiger partial charge in [-0.1, -0.05) is 0 Å². The number of halogens is 2. The highest BCUT2D eigenvalue weighted by molar-refractivity contribution is 5.82. The normalized spacial score (nSPS) is 24.9. The summed E-state index contributed by atoms with van der Waals surface area (Å²) in [5.41, 5.74) is 1.83. The third-order valence-electron chi connectivity index (χ3n) is 4.18. The largest absolute Gasteiger partial charge is 0.496 e. The number of ether oxygens (including phenoxy) is 2. The van der Waals surface area contributed by atoms with Crippen molar-refractivity contribution in [2.75, 3.05) is 13.7 Å². The molecular formula is C16H20F2N2O3. The Bertz CT molecular complexity index is 622. The molecule has 1 amide bonds. The summed E-state index contributed by atoms with van der Waals surface area (Å²) in [4.78, 5) is 12.0. The Hall–Kier alpha value is -1.89. The van der Waals surface area contributed by atoms with Crippen LogP contribution in [-0.2, 0) is 17.8 Å². The Morgan fingerprint density at radius 2 is 2.30 bits per heavy atom. The first-order valence-corrected chi connectivity index (χ1v) is 7.63. The Morgan fingerprint density at radius 1 is 1.52 bits per heavy atom. The van der Waals surface area contributed by atoms with Crippen LogP contribution in [0.1, 0.15) is 24.5 Å². The minimum absolute atomic E-state index is 0.115. The van der Waals surface area contributed by atoms with Gasteiger partial charge in [-0.15, -0.1) is 0 Å². The second kappa shape index (κ2) is 5.96. The van der Waals surface area contributed by atoms with E-state index in [1.165, 1.54) is 0 Å². The maximum absolute atomic E-state index is 13.1. The number of carbonyl (C=O) groups excluding carboxylic acids is 1. The van der Waals surface area contributed by atoms with Crippen LogP contribution in [0.5, 0.6) is 11.5 Å². The molecule has 2 aliphatic rings. The molecule has 0 spiro atoms. The molecule has 7 heteroatoms. The van der Waals surface area contributed by atoms with Crippen molar-refractivity contribution in [3.05, 3.63) is 23.3 Å². The Kier molecular flexibility index (Phi) is 4.14. The van der Waals surface area contributed by atoms with E-state index in [9.17, 15) is 13.6 Å². The minimum atomic E-state index is -2.82. The van der Waals surface area contributed by atoms with E-state index in [0.29, 0.717) is 5.75 Å². The van der Waals surface area contributed by atoms with Crippen LogP contribution in [0.2, 0.25) is 0 Å². The molecule has 2 N–H and O–H groups in total. The number of carbonyl (C=O) groups is 1. The zero-order valence-corrected chi connectivity index (χ0v) is 13.1. The average Bonchev–Trinajstić information content (AvgIpc) is 3.04. The van der Waals surface area contributed by atoms with Gasteiger partial charge in [0.15, 0.2) is 0 Å². The van der Waals surface area contributed by atoms with Crippen molar-refractivity contribution in [1.29, 1.82) is 0 Å². The van der Waals surface area contributed by atoms with Gasteiger partial charge in [-0.2, -0.15) is 0 Å². The molecule has 0 bridgehead atoms. The molecule has 1 aromatic carbocycles. The van der Waals surface area contributed by atoms with Crippen molar-refractivity contribution in [1.82, 2.24) is 10.6 Å². The molecule has 1 aromatic rings. The Morgan fingerprint density at radius 3 is 2.96 bits per heavy atom. The van der Waals surface area contributed by atoms with Crippen molar-refractivity contribution in [2.45, 2.75) is 44.4 Å². The summed E-state index contributed by atoms with van der Waals surface area (Å²) in [5.74, 6) is -1.81. The van der Waals surface area contributed by atoms with E-state index < -0.39 is 30.8 Å². The van der Waals surface area contributed by atoms with Gasteiger partial charge in [-0.25, -0.2) is 8.78 Å². The second-order valence-electron chi connectivity index (χ2n) is 6.12. The van der Waals surface area contributed by atoms with E-state index >= 15 is 0 Å². The average molecular weight is 326 g/mol. The highest BCUT2D eigenvalue weighted by Gasteiger charge is 2.42. The van der Waals surface area contributed by atoms with E-state index in [2.05, 4.69) is 10.6 Å². The van der Waals surface area contributed by atoms with E-state index in [1.807, 2.05) is 19.1 Å². The van der Waals surface area contributed by atoms with Crippen molar-refractivity contribution in [3.8, 4) is 11.5 Å². The molecule has 2 atom stereocenters. The summed E-state index contributed by atoms with van der Waals surface area (Å²) >= 11 is 0. The molecule has 2 heterocycles. The highest BCUT2D eigenvalue weighted by atomic mass is 19.3. The van der Waals surface area contributed by atoms with Gasteiger partial charge in [0.25, 0.3) is 5.92 Å². The fourth-order valence-corrected chi connectivity index (χ4v) is 3.02. The monoisotopic (exact) mass is 326 g/mol. The van der Waals surface area contributed by atoms with Crippen molar-refractivity contribution >= 4 is 5.91 Å². The molecule has 5 nitrogen and oxygen atoms in total. The van der Waals surface area contributed by atoms with Crippen molar-refractivity contribution in [2.24, 2.45) is 0 Å². The third-order valence-corrected chi connectivity index (χ3v) is 4.18. The summed E-state index contributed by atoms with van der Waals surface area (Å²) in [5, 5.41) is 5.23. The lowest BCUT2D eigenvalue weighted by atomic mass is 10.1. The first-order chi connectivity index (χ1) is 10.9. The van der Waals surface area contributed by atoms with Crippen molar-refractivity contribution in [3.63, 3.8) is 0 Å². The lowest BCUT2D eigenvalue weighted by Gasteiger charge is -2.14. The number of rotatable bonds is 4. The van der Waals surface area contributed by atoms with Crippen LogP contribution in [0.4, 0.5) is 8.78 Å². The number of methoxy groups -OCH3 is 1. The van der Waals surface area contributed by atoms with Crippen LogP contribution in [0.15, 0.2) is 12.1 Å². The first kappa shape index (κ1) is 16.0. The quantitative estimate of drug-likeness (QED) is 0.883. The van der Waals surface area contributed by atoms with Gasteiger partial charge in [0.2, 0.25) is 5.91 Å². The predicted molar refractivity (Wildman–Crippen MR) is 80.0 cm³/mol. The molecule has 3 rings (SSSR count). The van der Waals surface area contributed by atoms with Crippen molar-refractivity contribution < 1.29 is 23.0 Å². The number of amides is 1. The fourth-order valence-electron chi connectivity index (χ4n) is 3.02. The molecular weight excluding hydrogens is 306 g/mol. The molecule has 0 aliphatic carbocycles. The molecule has 126 valence electrons. The zero-order chi connectivity index (χ0) is 16.6. The topological polar surface area (TPSA) is 59.6 Å². The Balaban J connectivity index is 1.66. The molecule has 1 fully saturated rings. The number of hydrogen-bond acceptors (Lipinski definition) is 4. The van der Waals surface area contributed by atoms with Gasteiger partial charge >= 0.3 is 0 Å². The van der Waals surface area contributed by atoms with E-state index in [1.54, 1.807) is 7.11 Å². The number of nitrogens with one attached hydrogen (secondary N) is 2. The smallest absolute Gasteiger partial charge is 0.262 e. The number of alkyl halides is 2. The van der Waals surface area contributed by atoms with Crippen LogP contribution in [0.3, 0.4) is 0 Å². The fraction of sp³-hybridized carbons (Fsp3) is 0.562. The standard InChI is InChI=1S/C16H20F2N2O3/c1-9-3-10-4-13(22-2)11(5-14(10)23-9)7-19-15(21)12-6-16(17,18)8-20-12/h4-5,9,12,20H,3,6-8H2,1-2H3,(H,19,21). The van der Waals surface area contributed by atoms with Gasteiger partial charge in [0.05, 0.1) is 19.7 Å². The van der Waals surface area contributed by atoms with Gasteiger partial charge in [-0.3, -0.25) is 10.1 Å². The number of fused-ring (bicyclic) bond motifs is 1. The third kappa shape index (κ3) is 3.39. The zero-order valence-electron chi connectivity index (χ0n) is 13.1. The Labute approximate surface area is 133 Å². The van der Waals surface area contributed by atoms with E-state index in [-0.39, 0.29) is 12.6 Å². The molecule has 0 radical (unpaired) electrons. The molecule has 0 aromatic heterocycles. The van der Waals surface area contributed by atoms with Gasteiger partial charge in [0, 0.05) is 30.5 Å². The van der Waals surface area contributed by atoms with Crippen LogP contribution in [-0.4, -0.2) is 37.6 Å². The second-order valence-corrected chi connectivity index (χ2v) is 6.12. The number of hydrogen-bond donors (Lipinski definition) is 2. The number of benzene rings is 1. The van der Waals surface area contributed by atoms with Gasteiger partial charge in [0.1, 0.15) is 17.6 Å². The molecule has 23 heavy (non-hydrogen) atoms. The summed E-state index contributed by atoms with van der Waals surface area (Å²) in [6.45, 7) is 1.73. The minimum Gasteiger partial charge on any atom is -0.496 e. The molecule has 2 unspecified atom stereocenters. The summed E-state index contributed by atoms with van der Waals surface area (Å²) in [7, 11) is 1.56. The molecule has 0 saturated carbocycles. The summed E-state index contributed by atoms with van der Waals surface area (Å²) in [6, 6.07) is 2.89. The predicted octanol–water partition coefficient (Wildman–Crippen LogP) is 1.63. The lowest BCUT2D eigenvalue weighted by molar-refractivity contribution is -0.123. The first-order valence-electron chi connectivity index (χ1n) is 7.63. The summed E-state index contributed by atoms with van der Waals surface area (Å²) < 4.78 is 37.3. The molecule has 1 saturated heterocycles. The molecule has 2 aliphatic heterocycles. The summed E-state index contributed by atoms with van der Waals surface area (Å²) in [6.07, 6.45) is 0.463. The van der Waals surface area contributed by atoms with E-state index in [4.69, 9.17) is 9.47 Å². The van der Waals surface area contributed by atoms with Crippen LogP contribution in [0.25, 0.3) is 0 Å². The van der Waals surface area contributed by atoms with Crippen LogP contribution >= 0.6 is 0 Å². The van der Waals surface area contributed by atoms with E-state index in [0.717, 1.165) is 23.3 Å². The lowest BCUT2D eigenvalue weighted by Crippen LogP contribution is -2.40. The van der Waals surface area contributed by atoms with Gasteiger partial charge < -0.3 is 14.8 Å². The van der Waals surface area contributed by atoms with Gasteiger partial charge in [-0.05, 0) is 19.1 Å². The van der Waals surface area contributed by atoms with Crippen LogP contribution < -0.4 is 20.1 Å². The maximum Gasteiger partial charge on any atom is 0.262 e. The van der Waals surface area contributed by atoms with Crippen LogP contribution in [0, 0.1) is 0 Å². The SMILES string of the molecule is COc1cc2c(cc1CNC(=O)C1CC(F)(F)CN1)OC(C)C2. The highest BCUT2D eigenvalue weighted by Crippen LogP contribution is 2.35. The maximum atomic E-state index is 13.1.